The minimum Gasteiger partial charge on any atom is -0.470 e. The molecule has 0 amide bonds. The second-order valence-corrected chi connectivity index (χ2v) is 1.06. The fraction of sp³-hybridized carbons (Fsp3) is 0.333. The average molecular weight is 113 g/mol. The summed E-state index contributed by atoms with van der Waals surface area (Å²) in [4.78, 5) is 0. The van der Waals surface area contributed by atoms with Gasteiger partial charge < -0.3 is 10.2 Å². The van der Waals surface area contributed by atoms with Crippen LogP contribution < -0.4 is 5.73 Å². The Bertz CT molecular complexity index is 112. The highest BCUT2D eigenvalue weighted by molar-refractivity contribution is 5.30. The third-order valence-corrected chi connectivity index (χ3v) is 0.543. The summed E-state index contributed by atoms with van der Waals surface area (Å²) in [7, 11) is 0. The van der Waals surface area contributed by atoms with Crippen molar-refractivity contribution in [3.05, 3.63) is 18.6 Å². The van der Waals surface area contributed by atoms with Gasteiger partial charge in [0.1, 0.15) is 6.26 Å². The Labute approximate surface area is 49.3 Å². The number of hydrogen-bond acceptors (Lipinski definition) is 2. The van der Waals surface area contributed by atoms with Crippen molar-refractivity contribution >= 4 is 5.69 Å². The third-order valence-electron chi connectivity index (χ3n) is 0.543. The van der Waals surface area contributed by atoms with Crippen molar-refractivity contribution in [1.82, 2.24) is 0 Å². The summed E-state index contributed by atoms with van der Waals surface area (Å²) in [6.07, 6.45) is 3.02. The van der Waals surface area contributed by atoms with Crippen LogP contribution in [0, 0.1) is 0 Å². The number of nitrogen functional groups attached to an aromatic ring is 1. The zero-order valence-electron chi connectivity index (χ0n) is 5.22. The average Bonchev–Trinajstić information content (AvgIpc) is 2.24. The molecule has 0 radical (unpaired) electrons. The van der Waals surface area contributed by atoms with Crippen LogP contribution in [0.1, 0.15) is 13.8 Å². The minimum atomic E-state index is 0.676. The van der Waals surface area contributed by atoms with Crippen molar-refractivity contribution in [3.63, 3.8) is 0 Å². The van der Waals surface area contributed by atoms with Gasteiger partial charge in [-0.15, -0.1) is 0 Å². The summed E-state index contributed by atoms with van der Waals surface area (Å²) >= 11 is 0. The van der Waals surface area contributed by atoms with E-state index in [1.165, 1.54) is 12.5 Å². The van der Waals surface area contributed by atoms with E-state index in [0.717, 1.165) is 0 Å². The monoisotopic (exact) mass is 113 g/mol. The molecule has 2 N–H and O–H groups in total. The van der Waals surface area contributed by atoms with Crippen LogP contribution >= 0.6 is 0 Å². The van der Waals surface area contributed by atoms with E-state index in [9.17, 15) is 0 Å². The lowest BCUT2D eigenvalue weighted by atomic mass is 10.6. The molecule has 0 atom stereocenters. The van der Waals surface area contributed by atoms with Gasteiger partial charge in [0, 0.05) is 0 Å². The van der Waals surface area contributed by atoms with E-state index < -0.39 is 0 Å². The molecule has 0 aliphatic rings. The normalized spacial score (nSPS) is 7.25. The molecule has 0 bridgehead atoms. The van der Waals surface area contributed by atoms with Crippen molar-refractivity contribution in [2.45, 2.75) is 13.8 Å². The fourth-order valence-electron chi connectivity index (χ4n) is 0.275. The lowest BCUT2D eigenvalue weighted by molar-refractivity contribution is 0.568. The summed E-state index contributed by atoms with van der Waals surface area (Å²) < 4.78 is 4.59. The van der Waals surface area contributed by atoms with Crippen LogP contribution in [0.25, 0.3) is 0 Å². The molecule has 2 nitrogen and oxygen atoms in total. The van der Waals surface area contributed by atoms with Gasteiger partial charge >= 0.3 is 0 Å². The van der Waals surface area contributed by atoms with Gasteiger partial charge in [-0.1, -0.05) is 13.8 Å². The highest BCUT2D eigenvalue weighted by Gasteiger charge is 1.76. The molecule has 0 aliphatic carbocycles. The first-order valence-electron chi connectivity index (χ1n) is 2.67. The van der Waals surface area contributed by atoms with E-state index >= 15 is 0 Å². The van der Waals surface area contributed by atoms with Crippen LogP contribution in [0.3, 0.4) is 0 Å². The standard InChI is InChI=1S/C4H5NO.C2H6/c5-4-1-2-6-3-4;1-2/h1-3H,5H2;1-2H3. The number of nitrogens with two attached hydrogens (primary N) is 1. The van der Waals surface area contributed by atoms with Crippen LogP contribution in [0.2, 0.25) is 0 Å². The SMILES string of the molecule is CC.Nc1ccoc1. The van der Waals surface area contributed by atoms with Crippen molar-refractivity contribution < 1.29 is 4.42 Å². The molecule has 1 heterocycles. The van der Waals surface area contributed by atoms with Crippen molar-refractivity contribution in [1.29, 1.82) is 0 Å². The molecule has 0 saturated carbocycles. The molecular formula is C6H11NO. The first kappa shape index (κ1) is 7.08. The number of anilines is 1. The quantitative estimate of drug-likeness (QED) is 0.558. The zero-order valence-corrected chi connectivity index (χ0v) is 5.22. The summed E-state index contributed by atoms with van der Waals surface area (Å²) in [6.45, 7) is 4.00. The summed E-state index contributed by atoms with van der Waals surface area (Å²) in [5.41, 5.74) is 5.86. The maximum atomic E-state index is 5.18. The Kier molecular flexibility index (Phi) is 3.76. The van der Waals surface area contributed by atoms with E-state index in [1.807, 2.05) is 13.8 Å². The van der Waals surface area contributed by atoms with Crippen molar-refractivity contribution in [2.75, 3.05) is 5.73 Å². The summed E-state index contributed by atoms with van der Waals surface area (Å²) in [5, 5.41) is 0. The highest BCUT2D eigenvalue weighted by atomic mass is 16.3. The molecule has 1 aromatic heterocycles. The van der Waals surface area contributed by atoms with Gasteiger partial charge in [-0.05, 0) is 6.07 Å². The number of hydrogen-bond donors (Lipinski definition) is 1. The van der Waals surface area contributed by atoms with E-state index in [-0.39, 0.29) is 0 Å². The molecule has 0 aromatic carbocycles. The number of rotatable bonds is 0. The topological polar surface area (TPSA) is 39.2 Å². The molecule has 46 valence electrons. The Hall–Kier alpha value is -0.920. The summed E-state index contributed by atoms with van der Waals surface area (Å²) in [5.74, 6) is 0. The maximum Gasteiger partial charge on any atom is 0.113 e. The first-order valence-corrected chi connectivity index (χ1v) is 2.67. The van der Waals surface area contributed by atoms with Gasteiger partial charge in [-0.2, -0.15) is 0 Å². The van der Waals surface area contributed by atoms with Gasteiger partial charge in [0.05, 0.1) is 12.0 Å². The molecule has 0 aliphatic heterocycles. The lowest BCUT2D eigenvalue weighted by Crippen LogP contribution is -1.74. The molecular weight excluding hydrogens is 102 g/mol. The predicted molar refractivity (Wildman–Crippen MR) is 34.5 cm³/mol. The van der Waals surface area contributed by atoms with Crippen molar-refractivity contribution in [2.24, 2.45) is 0 Å². The Morgan fingerprint density at radius 3 is 2.25 bits per heavy atom. The van der Waals surface area contributed by atoms with Gasteiger partial charge in [-0.25, -0.2) is 0 Å². The van der Waals surface area contributed by atoms with Crippen LogP contribution in [0.4, 0.5) is 5.69 Å². The molecule has 2 heteroatoms. The molecule has 0 saturated heterocycles. The van der Waals surface area contributed by atoms with Gasteiger partial charge in [0.25, 0.3) is 0 Å². The minimum absolute atomic E-state index is 0.676. The highest BCUT2D eigenvalue weighted by Crippen LogP contribution is 1.97. The smallest absolute Gasteiger partial charge is 0.113 e. The van der Waals surface area contributed by atoms with E-state index in [2.05, 4.69) is 4.42 Å². The van der Waals surface area contributed by atoms with Crippen LogP contribution in [-0.2, 0) is 0 Å². The molecule has 1 rings (SSSR count). The third kappa shape index (κ3) is 2.29. The van der Waals surface area contributed by atoms with Gasteiger partial charge in [-0.3, -0.25) is 0 Å². The van der Waals surface area contributed by atoms with Gasteiger partial charge in [0.15, 0.2) is 0 Å². The molecule has 0 unspecified atom stereocenters. The second kappa shape index (κ2) is 4.24. The first-order chi connectivity index (χ1) is 3.89. The second-order valence-electron chi connectivity index (χ2n) is 1.06. The Balaban J connectivity index is 0.000000222. The van der Waals surface area contributed by atoms with Crippen LogP contribution in [0.15, 0.2) is 23.0 Å². The van der Waals surface area contributed by atoms with E-state index in [4.69, 9.17) is 5.73 Å². The van der Waals surface area contributed by atoms with E-state index in [1.54, 1.807) is 6.07 Å². The maximum absolute atomic E-state index is 5.18. The molecule has 8 heavy (non-hydrogen) atoms. The molecule has 0 spiro atoms. The Morgan fingerprint density at radius 1 is 1.50 bits per heavy atom. The zero-order chi connectivity index (χ0) is 6.41. The van der Waals surface area contributed by atoms with Crippen LogP contribution in [0.5, 0.6) is 0 Å². The van der Waals surface area contributed by atoms with Crippen LogP contribution in [-0.4, -0.2) is 0 Å². The molecule has 1 aromatic rings. The Morgan fingerprint density at radius 2 is 2.12 bits per heavy atom. The largest absolute Gasteiger partial charge is 0.470 e. The summed E-state index contributed by atoms with van der Waals surface area (Å²) in [6, 6.07) is 1.69. The molecule has 0 fully saturated rings. The van der Waals surface area contributed by atoms with Gasteiger partial charge in [0.2, 0.25) is 0 Å². The lowest BCUT2D eigenvalue weighted by Gasteiger charge is -1.66. The van der Waals surface area contributed by atoms with E-state index in [0.29, 0.717) is 5.69 Å². The predicted octanol–water partition coefficient (Wildman–Crippen LogP) is 1.89. The number of furan rings is 1. The fourth-order valence-corrected chi connectivity index (χ4v) is 0.275. The van der Waals surface area contributed by atoms with Crippen molar-refractivity contribution in [3.8, 4) is 0 Å².